The largest absolute Gasteiger partial charge is 0.481 e. The van der Waals surface area contributed by atoms with Gasteiger partial charge < -0.3 is 10.1 Å². The highest BCUT2D eigenvalue weighted by Crippen LogP contribution is 2.21. The Morgan fingerprint density at radius 3 is 2.68 bits per heavy atom. The van der Waals surface area contributed by atoms with Gasteiger partial charge in [0.15, 0.2) is 6.10 Å². The third-order valence-electron chi connectivity index (χ3n) is 2.80. The Hall–Kier alpha value is -2.60. The minimum atomic E-state index is -0.819. The second-order valence-corrected chi connectivity index (χ2v) is 4.95. The molecule has 2 aromatic rings. The average molecular weight is 321 g/mol. The molecule has 0 fully saturated rings. The summed E-state index contributed by atoms with van der Waals surface area (Å²) in [7, 11) is 0. The molecule has 0 aliphatic carbocycles. The first-order chi connectivity index (χ1) is 10.5. The topological polar surface area (TPSA) is 81.5 Å². The van der Waals surface area contributed by atoms with Gasteiger partial charge in [0.1, 0.15) is 5.75 Å². The van der Waals surface area contributed by atoms with E-state index in [1.807, 2.05) is 0 Å². The van der Waals surface area contributed by atoms with Gasteiger partial charge in [-0.3, -0.25) is 14.9 Å². The second-order valence-electron chi connectivity index (χ2n) is 4.51. The van der Waals surface area contributed by atoms with Crippen LogP contribution in [0.5, 0.6) is 5.75 Å². The Balaban J connectivity index is 2.02. The third-order valence-corrected chi connectivity index (χ3v) is 3.04. The number of nitrogens with zero attached hydrogens (tertiary/aromatic N) is 1. The normalized spacial score (nSPS) is 11.5. The molecule has 0 aromatic heterocycles. The van der Waals surface area contributed by atoms with Crippen molar-refractivity contribution in [1.29, 1.82) is 0 Å². The number of nitrogens with one attached hydrogen (secondary N) is 1. The molecule has 6 nitrogen and oxygen atoms in total. The molecule has 0 saturated heterocycles. The molecule has 1 amide bonds. The van der Waals surface area contributed by atoms with Gasteiger partial charge in [0.25, 0.3) is 11.6 Å². The molecule has 2 rings (SSSR count). The van der Waals surface area contributed by atoms with Gasteiger partial charge in [0.05, 0.1) is 11.0 Å². The number of benzene rings is 2. The fraction of sp³-hybridized carbons (Fsp3) is 0.133. The lowest BCUT2D eigenvalue weighted by molar-refractivity contribution is -0.384. The summed E-state index contributed by atoms with van der Waals surface area (Å²) >= 11 is 5.84. The Bertz CT molecular complexity index is 705. The van der Waals surface area contributed by atoms with E-state index in [2.05, 4.69) is 5.32 Å². The van der Waals surface area contributed by atoms with Crippen LogP contribution >= 0.6 is 11.6 Å². The van der Waals surface area contributed by atoms with E-state index in [0.29, 0.717) is 10.7 Å². The summed E-state index contributed by atoms with van der Waals surface area (Å²) in [6.45, 7) is 1.55. The van der Waals surface area contributed by atoms with Gasteiger partial charge in [-0.25, -0.2) is 0 Å². The fourth-order valence-corrected chi connectivity index (χ4v) is 1.93. The molecular formula is C15H13ClN2O4. The van der Waals surface area contributed by atoms with E-state index >= 15 is 0 Å². The quantitative estimate of drug-likeness (QED) is 0.673. The second kappa shape index (κ2) is 6.91. The average Bonchev–Trinajstić information content (AvgIpc) is 2.47. The van der Waals surface area contributed by atoms with E-state index in [0.717, 1.165) is 0 Å². The molecule has 114 valence electrons. The van der Waals surface area contributed by atoms with Crippen LogP contribution in [0.25, 0.3) is 0 Å². The molecular weight excluding hydrogens is 308 g/mol. The van der Waals surface area contributed by atoms with E-state index in [9.17, 15) is 14.9 Å². The van der Waals surface area contributed by atoms with Gasteiger partial charge in [0.2, 0.25) is 0 Å². The molecule has 2 aromatic carbocycles. The first-order valence-electron chi connectivity index (χ1n) is 6.43. The molecule has 1 atom stereocenters. The van der Waals surface area contributed by atoms with E-state index in [4.69, 9.17) is 16.3 Å². The Morgan fingerprint density at radius 1 is 1.27 bits per heavy atom. The van der Waals surface area contributed by atoms with E-state index in [1.165, 1.54) is 18.2 Å². The maximum Gasteiger partial charge on any atom is 0.273 e. The number of hydrogen-bond donors (Lipinski definition) is 1. The first-order valence-corrected chi connectivity index (χ1v) is 6.81. The number of non-ortho nitro benzene ring substituents is 1. The van der Waals surface area contributed by atoms with Crippen molar-refractivity contribution in [2.45, 2.75) is 13.0 Å². The molecule has 1 N–H and O–H groups in total. The molecule has 0 saturated carbocycles. The maximum atomic E-state index is 12.0. The van der Waals surface area contributed by atoms with Gasteiger partial charge in [-0.1, -0.05) is 23.7 Å². The Labute approximate surface area is 131 Å². The summed E-state index contributed by atoms with van der Waals surface area (Å²) < 4.78 is 5.42. The number of carbonyl (C=O) groups is 1. The third kappa shape index (κ3) is 4.20. The van der Waals surface area contributed by atoms with Crippen LogP contribution in [-0.4, -0.2) is 16.9 Å². The highest BCUT2D eigenvalue weighted by molar-refractivity contribution is 6.30. The summed E-state index contributed by atoms with van der Waals surface area (Å²) in [5, 5.41) is 13.9. The predicted octanol–water partition coefficient (Wildman–Crippen LogP) is 3.65. The molecule has 0 aliphatic rings. The molecule has 0 radical (unpaired) electrons. The zero-order valence-corrected chi connectivity index (χ0v) is 12.4. The van der Waals surface area contributed by atoms with Crippen LogP contribution in [-0.2, 0) is 4.79 Å². The fourth-order valence-electron chi connectivity index (χ4n) is 1.74. The van der Waals surface area contributed by atoms with Crippen LogP contribution in [0.4, 0.5) is 11.4 Å². The molecule has 7 heteroatoms. The SMILES string of the molecule is C[C@H](Oc1cccc([N+](=O)[O-])c1)C(=O)Nc1cccc(Cl)c1. The lowest BCUT2D eigenvalue weighted by Crippen LogP contribution is -2.30. The van der Waals surface area contributed by atoms with Crippen LogP contribution in [0.2, 0.25) is 5.02 Å². The molecule has 22 heavy (non-hydrogen) atoms. The summed E-state index contributed by atoms with van der Waals surface area (Å²) in [5.74, 6) is -0.128. The first kappa shape index (κ1) is 15.8. The highest BCUT2D eigenvalue weighted by atomic mass is 35.5. The maximum absolute atomic E-state index is 12.0. The van der Waals surface area contributed by atoms with Crippen molar-refractivity contribution in [3.8, 4) is 5.75 Å². The van der Waals surface area contributed by atoms with Crippen molar-refractivity contribution in [3.05, 3.63) is 63.7 Å². The summed E-state index contributed by atoms with van der Waals surface area (Å²) in [6, 6.07) is 12.4. The van der Waals surface area contributed by atoms with Gasteiger partial charge in [0, 0.05) is 16.8 Å². The molecule has 0 spiro atoms. The van der Waals surface area contributed by atoms with Crippen molar-refractivity contribution < 1.29 is 14.5 Å². The van der Waals surface area contributed by atoms with E-state index < -0.39 is 11.0 Å². The monoisotopic (exact) mass is 320 g/mol. The lowest BCUT2D eigenvalue weighted by Gasteiger charge is -2.14. The zero-order valence-electron chi connectivity index (χ0n) is 11.7. The number of hydrogen-bond acceptors (Lipinski definition) is 4. The van der Waals surface area contributed by atoms with Crippen molar-refractivity contribution in [1.82, 2.24) is 0 Å². The lowest BCUT2D eigenvalue weighted by atomic mass is 10.3. The number of anilines is 1. The number of ether oxygens (including phenoxy) is 1. The van der Waals surface area contributed by atoms with Crippen molar-refractivity contribution in [2.75, 3.05) is 5.32 Å². The van der Waals surface area contributed by atoms with E-state index in [-0.39, 0.29) is 17.3 Å². The van der Waals surface area contributed by atoms with Crippen molar-refractivity contribution >= 4 is 28.9 Å². The zero-order chi connectivity index (χ0) is 16.1. The minimum absolute atomic E-state index is 0.0973. The van der Waals surface area contributed by atoms with Gasteiger partial charge in [-0.05, 0) is 31.2 Å². The van der Waals surface area contributed by atoms with Crippen molar-refractivity contribution in [3.63, 3.8) is 0 Å². The summed E-state index contributed by atoms with van der Waals surface area (Å²) in [5.41, 5.74) is 0.451. The standard InChI is InChI=1S/C15H13ClN2O4/c1-10(15(19)17-12-5-2-4-11(16)8-12)22-14-7-3-6-13(9-14)18(20)21/h2-10H,1H3,(H,17,19)/t10-/m0/s1. The molecule has 0 aliphatic heterocycles. The molecule has 0 heterocycles. The van der Waals surface area contributed by atoms with Crippen molar-refractivity contribution in [2.24, 2.45) is 0 Å². The molecule has 0 bridgehead atoms. The summed E-state index contributed by atoms with van der Waals surface area (Å²) in [4.78, 5) is 22.2. The van der Waals surface area contributed by atoms with Crippen LogP contribution in [0.3, 0.4) is 0 Å². The molecule has 0 unspecified atom stereocenters. The number of rotatable bonds is 5. The highest BCUT2D eigenvalue weighted by Gasteiger charge is 2.16. The number of carbonyl (C=O) groups excluding carboxylic acids is 1. The number of amides is 1. The van der Waals surface area contributed by atoms with Gasteiger partial charge >= 0.3 is 0 Å². The number of halogens is 1. The van der Waals surface area contributed by atoms with Gasteiger partial charge in [-0.2, -0.15) is 0 Å². The Kier molecular flexibility index (Phi) is 4.95. The minimum Gasteiger partial charge on any atom is -0.481 e. The predicted molar refractivity (Wildman–Crippen MR) is 83.3 cm³/mol. The van der Waals surface area contributed by atoms with Crippen LogP contribution < -0.4 is 10.1 Å². The Morgan fingerprint density at radius 2 is 2.00 bits per heavy atom. The van der Waals surface area contributed by atoms with Gasteiger partial charge in [-0.15, -0.1) is 0 Å². The van der Waals surface area contributed by atoms with Crippen LogP contribution in [0.15, 0.2) is 48.5 Å². The van der Waals surface area contributed by atoms with Crippen LogP contribution in [0.1, 0.15) is 6.92 Å². The van der Waals surface area contributed by atoms with E-state index in [1.54, 1.807) is 37.3 Å². The van der Waals surface area contributed by atoms with Crippen LogP contribution in [0, 0.1) is 10.1 Å². The number of nitro groups is 1. The summed E-state index contributed by atoms with van der Waals surface area (Å²) in [6.07, 6.45) is -0.819. The smallest absolute Gasteiger partial charge is 0.273 e. The number of nitro benzene ring substituents is 1.